The van der Waals surface area contributed by atoms with Crippen LogP contribution >= 0.6 is 0 Å². The summed E-state index contributed by atoms with van der Waals surface area (Å²) in [5.41, 5.74) is 0.823. The van der Waals surface area contributed by atoms with Crippen LogP contribution < -0.4 is 14.4 Å². The van der Waals surface area contributed by atoms with Gasteiger partial charge < -0.3 is 24.5 Å². The third kappa shape index (κ3) is 3.57. The number of anilines is 1. The van der Waals surface area contributed by atoms with E-state index in [0.29, 0.717) is 23.5 Å². The van der Waals surface area contributed by atoms with Crippen LogP contribution in [0.25, 0.3) is 0 Å². The van der Waals surface area contributed by atoms with Gasteiger partial charge in [0.2, 0.25) is 11.5 Å². The van der Waals surface area contributed by atoms with Crippen LogP contribution in [0.4, 0.5) is 11.5 Å². The summed E-state index contributed by atoms with van der Waals surface area (Å²) in [7, 11) is 0. The second-order valence-electron chi connectivity index (χ2n) is 5.82. The highest BCUT2D eigenvalue weighted by molar-refractivity contribution is 6.03. The maximum Gasteiger partial charge on any atom is 0.406 e. The number of nitrogens with zero attached hydrogens (tertiary/aromatic N) is 3. The topological polar surface area (TPSA) is 112 Å². The zero-order chi connectivity index (χ0) is 19.6. The Bertz CT molecular complexity index is 914. The standard InChI is InChI=1S/C18H17N3O6/c1-3-20-13-9-12(6-7-14(13)26-10-16(20)22)17(23)11(2)27-15-5-4-8-19-18(15)21(24)25/h4-9,11H,3,10H2,1-2H3. The highest BCUT2D eigenvalue weighted by atomic mass is 16.6. The van der Waals surface area contributed by atoms with E-state index in [4.69, 9.17) is 9.47 Å². The number of ketones is 1. The predicted octanol–water partition coefficient (Wildman–Crippen LogP) is 2.39. The molecule has 0 radical (unpaired) electrons. The molecule has 3 rings (SSSR count). The van der Waals surface area contributed by atoms with E-state index in [1.165, 1.54) is 30.2 Å². The summed E-state index contributed by atoms with van der Waals surface area (Å²) in [5, 5.41) is 11.0. The van der Waals surface area contributed by atoms with Gasteiger partial charge in [-0.25, -0.2) is 0 Å². The number of likely N-dealkylation sites (N-methyl/N-ethyl adjacent to an activating group) is 1. The van der Waals surface area contributed by atoms with Gasteiger partial charge in [0.15, 0.2) is 12.7 Å². The highest BCUT2D eigenvalue weighted by Gasteiger charge is 2.27. The van der Waals surface area contributed by atoms with Gasteiger partial charge >= 0.3 is 5.82 Å². The minimum Gasteiger partial charge on any atom is -0.482 e. The SMILES string of the molecule is CCN1C(=O)COc2ccc(C(=O)C(C)Oc3cccnc3[N+](=O)[O-])cc21. The molecular weight excluding hydrogens is 354 g/mol. The van der Waals surface area contributed by atoms with Crippen LogP contribution in [-0.2, 0) is 4.79 Å². The molecule has 9 heteroatoms. The number of hydrogen-bond acceptors (Lipinski definition) is 7. The van der Waals surface area contributed by atoms with E-state index in [1.54, 1.807) is 18.2 Å². The van der Waals surface area contributed by atoms with Crippen LogP contribution in [0, 0.1) is 10.1 Å². The van der Waals surface area contributed by atoms with E-state index in [9.17, 15) is 19.7 Å². The fourth-order valence-corrected chi connectivity index (χ4v) is 2.79. The highest BCUT2D eigenvalue weighted by Crippen LogP contribution is 2.33. The van der Waals surface area contributed by atoms with Crippen molar-refractivity contribution in [2.45, 2.75) is 20.0 Å². The monoisotopic (exact) mass is 371 g/mol. The van der Waals surface area contributed by atoms with Crippen molar-refractivity contribution in [3.63, 3.8) is 0 Å². The van der Waals surface area contributed by atoms with Crippen molar-refractivity contribution < 1.29 is 24.0 Å². The number of carbonyl (C=O) groups is 2. The molecule has 0 saturated heterocycles. The smallest absolute Gasteiger partial charge is 0.406 e. The Labute approximate surface area is 154 Å². The van der Waals surface area contributed by atoms with Gasteiger partial charge in [-0.15, -0.1) is 0 Å². The summed E-state index contributed by atoms with van der Waals surface area (Å²) in [5.74, 6) is -0.604. The van der Waals surface area contributed by atoms with Gasteiger partial charge in [0.25, 0.3) is 5.91 Å². The van der Waals surface area contributed by atoms with E-state index in [1.807, 2.05) is 6.92 Å². The molecule has 9 nitrogen and oxygen atoms in total. The minimum absolute atomic E-state index is 0.0433. The summed E-state index contributed by atoms with van der Waals surface area (Å²) < 4.78 is 10.9. The molecule has 1 aromatic heterocycles. The van der Waals surface area contributed by atoms with Crippen LogP contribution in [-0.4, -0.2) is 40.9 Å². The number of nitro groups is 1. The molecule has 1 aliphatic heterocycles. The maximum atomic E-state index is 12.7. The van der Waals surface area contributed by atoms with Gasteiger partial charge in [-0.3, -0.25) is 9.59 Å². The largest absolute Gasteiger partial charge is 0.482 e. The molecule has 0 spiro atoms. The number of pyridine rings is 1. The number of Topliss-reactive ketones (excluding diaryl/α,β-unsaturated/α-hetero) is 1. The lowest BCUT2D eigenvalue weighted by Gasteiger charge is -2.28. The number of hydrogen-bond donors (Lipinski definition) is 0. The van der Waals surface area contributed by atoms with E-state index in [-0.39, 0.29) is 24.0 Å². The molecule has 140 valence electrons. The summed E-state index contributed by atoms with van der Waals surface area (Å²) in [6.45, 7) is 3.73. The van der Waals surface area contributed by atoms with Gasteiger partial charge in [0.1, 0.15) is 11.9 Å². The molecule has 0 aliphatic carbocycles. The Kier molecular flexibility index (Phi) is 5.02. The van der Waals surface area contributed by atoms with Crippen molar-refractivity contribution in [3.8, 4) is 11.5 Å². The van der Waals surface area contributed by atoms with E-state index < -0.39 is 16.8 Å². The first-order chi connectivity index (χ1) is 12.9. The normalized spacial score (nSPS) is 14.1. The van der Waals surface area contributed by atoms with Crippen LogP contribution in [0.3, 0.4) is 0 Å². The summed E-state index contributed by atoms with van der Waals surface area (Å²) in [4.78, 5) is 40.2. The molecule has 1 atom stereocenters. The van der Waals surface area contributed by atoms with Gasteiger partial charge in [-0.05, 0) is 54.1 Å². The summed E-state index contributed by atoms with van der Waals surface area (Å²) in [6.07, 6.45) is 0.290. The summed E-state index contributed by atoms with van der Waals surface area (Å²) in [6, 6.07) is 7.63. The van der Waals surface area contributed by atoms with Crippen molar-refractivity contribution in [1.82, 2.24) is 4.98 Å². The Morgan fingerprint density at radius 3 is 2.93 bits per heavy atom. The van der Waals surface area contributed by atoms with Crippen molar-refractivity contribution in [2.75, 3.05) is 18.1 Å². The molecular formula is C18H17N3O6. The number of fused-ring (bicyclic) bond motifs is 1. The lowest BCUT2D eigenvalue weighted by Crippen LogP contribution is -2.38. The van der Waals surface area contributed by atoms with Crippen LogP contribution in [0.2, 0.25) is 0 Å². The molecule has 1 aromatic carbocycles. The van der Waals surface area contributed by atoms with Gasteiger partial charge in [0, 0.05) is 12.1 Å². The average Bonchev–Trinajstić information content (AvgIpc) is 2.67. The number of rotatable bonds is 6. The molecule has 1 unspecified atom stereocenters. The molecule has 1 aliphatic rings. The molecule has 0 bridgehead atoms. The second kappa shape index (κ2) is 7.40. The minimum atomic E-state index is -0.985. The van der Waals surface area contributed by atoms with Crippen LogP contribution in [0.5, 0.6) is 11.5 Å². The first kappa shape index (κ1) is 18.3. The number of carbonyl (C=O) groups excluding carboxylic acids is 2. The fourth-order valence-electron chi connectivity index (χ4n) is 2.79. The molecule has 0 saturated carbocycles. The van der Waals surface area contributed by atoms with Crippen LogP contribution in [0.15, 0.2) is 36.5 Å². The first-order valence-corrected chi connectivity index (χ1v) is 8.29. The lowest BCUT2D eigenvalue weighted by molar-refractivity contribution is -0.390. The van der Waals surface area contributed by atoms with Gasteiger partial charge in [-0.1, -0.05) is 0 Å². The third-order valence-corrected chi connectivity index (χ3v) is 4.10. The molecule has 2 heterocycles. The molecule has 2 aromatic rings. The van der Waals surface area contributed by atoms with Crippen LogP contribution in [0.1, 0.15) is 24.2 Å². The number of ether oxygens (including phenoxy) is 2. The van der Waals surface area contributed by atoms with Gasteiger partial charge in [0.05, 0.1) is 5.69 Å². The lowest BCUT2D eigenvalue weighted by atomic mass is 10.0. The number of amides is 1. The summed E-state index contributed by atoms with van der Waals surface area (Å²) >= 11 is 0. The predicted molar refractivity (Wildman–Crippen MR) is 95.3 cm³/mol. The first-order valence-electron chi connectivity index (χ1n) is 8.29. The van der Waals surface area contributed by atoms with E-state index in [0.717, 1.165) is 0 Å². The Balaban J connectivity index is 1.85. The van der Waals surface area contributed by atoms with Crippen molar-refractivity contribution in [1.29, 1.82) is 0 Å². The Morgan fingerprint density at radius 2 is 2.22 bits per heavy atom. The second-order valence-corrected chi connectivity index (χ2v) is 5.82. The van der Waals surface area contributed by atoms with E-state index >= 15 is 0 Å². The molecule has 0 N–H and O–H groups in total. The number of aromatic nitrogens is 1. The van der Waals surface area contributed by atoms with Crippen molar-refractivity contribution in [2.24, 2.45) is 0 Å². The number of benzene rings is 1. The van der Waals surface area contributed by atoms with Crippen molar-refractivity contribution >= 4 is 23.2 Å². The Hall–Kier alpha value is -3.49. The van der Waals surface area contributed by atoms with Crippen molar-refractivity contribution in [3.05, 3.63) is 52.2 Å². The third-order valence-electron chi connectivity index (χ3n) is 4.10. The average molecular weight is 371 g/mol. The zero-order valence-electron chi connectivity index (χ0n) is 14.7. The fraction of sp³-hybridized carbons (Fsp3) is 0.278. The molecule has 27 heavy (non-hydrogen) atoms. The maximum absolute atomic E-state index is 12.7. The van der Waals surface area contributed by atoms with Gasteiger partial charge in [-0.2, -0.15) is 0 Å². The zero-order valence-corrected chi connectivity index (χ0v) is 14.7. The molecule has 0 fully saturated rings. The van der Waals surface area contributed by atoms with E-state index in [2.05, 4.69) is 4.98 Å². The molecule has 1 amide bonds. The Morgan fingerprint density at radius 1 is 1.44 bits per heavy atom. The quantitative estimate of drug-likeness (QED) is 0.435.